The minimum absolute atomic E-state index is 0.0357. The van der Waals surface area contributed by atoms with Crippen LogP contribution >= 0.6 is 74.9 Å². The Labute approximate surface area is 684 Å². The molecule has 0 aromatic heterocycles. The van der Waals surface area contributed by atoms with Crippen LogP contribution < -0.4 is 9.05 Å². The standard InChI is InChI=1S/C21H22O8P2.C14H11O4P.C13H17O4P.C13H17O2P.C12H13O3PS2.C7H12NO5P/c1-17(19-9-5-3-6-10-19)28-30(22)24-13-21(14-25-30)15-26-31(23,27-16-21)29-18(2)20-11-7-4-8-12-20;1-11(12-7-3-2-4-8-12)16-19(15)17-13-9-5-6-10-14(13)18-19;1-11(12-7-5-4-6-8-12)17-18(14)15-9-13(2,3)10-16-18;1-12(13-8-4-2-5-9-13)15-16(14)10-6-3-7-11-16;1-10(12(13)11-6-3-2-4-7-11)15-16(14)17-8-5-9-18-16;1-6(7(9)11-3)13-14(10)8(2)4-5-12-14/h3-12H,1-2,13-16H2;2-10H,1H2;4-8H,1,9-10H2,2-3H3;2,4-5,8-9H,1,3,6-7,10-11H2;2-4,6-7H,1,5,8-9H2;1,4-5H2,2-3H3. The van der Waals surface area contributed by atoms with E-state index >= 15 is 0 Å². The molecule has 0 radical (unpaired) electrons. The van der Waals surface area contributed by atoms with Gasteiger partial charge in [0, 0.05) is 69.2 Å². The molecule has 6 saturated heterocycles. The summed E-state index contributed by atoms with van der Waals surface area (Å²) in [6.07, 6.45) is 5.63. The van der Waals surface area contributed by atoms with Crippen molar-refractivity contribution in [3.63, 3.8) is 0 Å². The van der Waals surface area contributed by atoms with E-state index in [1.807, 2.05) is 111 Å². The number of fused-ring (bicyclic) bond motifs is 1. The van der Waals surface area contributed by atoms with Crippen molar-refractivity contribution in [2.75, 3.05) is 90.8 Å². The van der Waals surface area contributed by atoms with Gasteiger partial charge in [-0.15, -0.1) is 0 Å². The lowest BCUT2D eigenvalue weighted by Crippen LogP contribution is -2.45. The molecule has 27 nitrogen and oxygen atoms in total. The fraction of sp³-hybridized carbons (Fsp3) is 0.275. The third-order valence-electron chi connectivity index (χ3n) is 16.8. The molecule has 0 bridgehead atoms. The number of hydrogen-bond donors (Lipinski definition) is 0. The molecule has 1 atom stereocenters. The first-order valence-electron chi connectivity index (χ1n) is 36.0. The Kier molecular flexibility index (Phi) is 33.4. The highest BCUT2D eigenvalue weighted by Gasteiger charge is 2.52. The van der Waals surface area contributed by atoms with Crippen molar-refractivity contribution >= 4 is 115 Å². The van der Waals surface area contributed by atoms with E-state index in [4.69, 9.17) is 72.4 Å². The Morgan fingerprint density at radius 1 is 0.388 bits per heavy atom. The number of para-hydroxylation sites is 2. The smallest absolute Gasteiger partial charge is 0.463 e. The zero-order valence-electron chi connectivity index (χ0n) is 64.4. The van der Waals surface area contributed by atoms with E-state index in [1.165, 1.54) is 41.0 Å². The van der Waals surface area contributed by atoms with Crippen LogP contribution in [-0.4, -0.2) is 107 Å². The molecule has 7 heterocycles. The maximum absolute atomic E-state index is 12.8. The Bertz CT molecular complexity index is 4800. The fourth-order valence-corrected chi connectivity index (χ4v) is 26.7. The van der Waals surface area contributed by atoms with E-state index in [-0.39, 0.29) is 66.4 Å². The first-order chi connectivity index (χ1) is 55.2. The van der Waals surface area contributed by atoms with Crippen molar-refractivity contribution in [1.82, 2.24) is 4.67 Å². The summed E-state index contributed by atoms with van der Waals surface area (Å²) < 4.78 is 177. The number of ketones is 1. The molecule has 0 N–H and O–H groups in total. The molecule has 620 valence electrons. The molecule has 1 spiro atoms. The number of ether oxygens (including phenoxy) is 1. The number of hydrogen-bond acceptors (Lipinski definition) is 28. The van der Waals surface area contributed by atoms with E-state index in [9.17, 15) is 41.5 Å². The van der Waals surface area contributed by atoms with Crippen LogP contribution in [0.3, 0.4) is 0 Å². The van der Waals surface area contributed by atoms with E-state index in [2.05, 4.69) is 50.8 Å². The summed E-state index contributed by atoms with van der Waals surface area (Å²) in [7, 11) is -17.9. The zero-order valence-corrected chi connectivity index (χ0v) is 72.3. The summed E-state index contributed by atoms with van der Waals surface area (Å²) in [6.45, 7) is 31.1. The highest BCUT2D eigenvalue weighted by atomic mass is 33.1. The lowest BCUT2D eigenvalue weighted by atomic mass is 9.93. The van der Waals surface area contributed by atoms with Crippen LogP contribution in [0, 0.1) is 10.8 Å². The number of likely N-dealkylation sites (N-methyl/N-ethyl adjacent to an activating group) is 1. The van der Waals surface area contributed by atoms with Gasteiger partial charge in [-0.2, -0.15) is 9.24 Å². The predicted molar refractivity (Wildman–Crippen MR) is 451 cm³/mol. The molecule has 1 unspecified atom stereocenters. The van der Waals surface area contributed by atoms with Crippen molar-refractivity contribution in [1.29, 1.82) is 0 Å². The molecule has 7 aromatic rings. The second kappa shape index (κ2) is 42.1. The van der Waals surface area contributed by atoms with Gasteiger partial charge in [-0.25, -0.2) is 23.1 Å². The van der Waals surface area contributed by atoms with Crippen LogP contribution in [0.1, 0.15) is 77.7 Å². The largest absolute Gasteiger partial charge is 0.647 e. The molecule has 6 fully saturated rings. The first kappa shape index (κ1) is 91.9. The normalized spacial score (nSPS) is 22.6. The molecule has 14 rings (SSSR count). The van der Waals surface area contributed by atoms with Crippen molar-refractivity contribution in [3.05, 3.63) is 297 Å². The van der Waals surface area contributed by atoms with Crippen LogP contribution in [0.2, 0.25) is 0 Å². The number of phosphoric acid groups is 4. The highest BCUT2D eigenvalue weighted by Crippen LogP contribution is 2.73. The van der Waals surface area contributed by atoms with E-state index in [1.54, 1.807) is 116 Å². The highest BCUT2D eigenvalue weighted by molar-refractivity contribution is 8.89. The average molecular weight is 1760 g/mol. The fourth-order valence-electron chi connectivity index (χ4n) is 10.4. The van der Waals surface area contributed by atoms with Gasteiger partial charge in [-0.1, -0.05) is 254 Å². The van der Waals surface area contributed by atoms with Crippen LogP contribution in [0.25, 0.3) is 28.8 Å². The van der Waals surface area contributed by atoms with Gasteiger partial charge < -0.3 is 45.5 Å². The van der Waals surface area contributed by atoms with Crippen molar-refractivity contribution in [3.8, 4) is 11.5 Å². The van der Waals surface area contributed by atoms with Crippen molar-refractivity contribution in [2.45, 2.75) is 39.5 Å². The number of esters is 1. The summed E-state index contributed by atoms with van der Waals surface area (Å²) in [6, 6.07) is 61.7. The van der Waals surface area contributed by atoms with E-state index < -0.39 is 63.6 Å². The van der Waals surface area contributed by atoms with Gasteiger partial charge in [0.25, 0.3) is 0 Å². The van der Waals surface area contributed by atoms with Crippen LogP contribution in [0.5, 0.6) is 11.5 Å². The summed E-state index contributed by atoms with van der Waals surface area (Å²) in [5.74, 6) is -0.393. The number of benzene rings is 7. The molecule has 0 aliphatic carbocycles. The zero-order chi connectivity index (χ0) is 83.7. The van der Waals surface area contributed by atoms with Gasteiger partial charge in [0.05, 0.1) is 58.8 Å². The Hall–Kier alpha value is -7.95. The predicted octanol–water partition coefficient (Wildman–Crippen LogP) is 23.0. The lowest BCUT2D eigenvalue weighted by Gasteiger charge is -2.41. The number of nitrogens with zero attached hydrogens (tertiary/aromatic N) is 1. The van der Waals surface area contributed by atoms with Gasteiger partial charge in [0.15, 0.2) is 17.3 Å². The van der Waals surface area contributed by atoms with E-state index in [0.29, 0.717) is 78.4 Å². The summed E-state index contributed by atoms with van der Waals surface area (Å²) >= 11 is 2.58. The van der Waals surface area contributed by atoms with Gasteiger partial charge in [-0.05, 0) is 67.8 Å². The number of Topliss-reactive ketones (excluding diaryl/α,β-unsaturated/α-hetero) is 1. The van der Waals surface area contributed by atoms with Crippen LogP contribution in [0.4, 0.5) is 0 Å². The molecule has 7 aromatic carbocycles. The Morgan fingerprint density at radius 2 is 0.716 bits per heavy atom. The maximum Gasteiger partial charge on any atom is 0.647 e. The summed E-state index contributed by atoms with van der Waals surface area (Å²) in [5, 5.41) is 0. The molecule has 7 aliphatic heterocycles. The Balaban J connectivity index is 0.000000163. The number of rotatable bonds is 22. The average Bonchev–Trinajstić information content (AvgIpc) is 0.894. The minimum Gasteiger partial charge on any atom is -0.463 e. The third-order valence-corrected chi connectivity index (χ3v) is 34.0. The van der Waals surface area contributed by atoms with E-state index in [0.717, 1.165) is 47.5 Å². The molecular formula is C80H92NO26P7S2. The Morgan fingerprint density at radius 3 is 1.06 bits per heavy atom. The van der Waals surface area contributed by atoms with Gasteiger partial charge in [-0.3, -0.25) is 45.6 Å². The summed E-state index contributed by atoms with van der Waals surface area (Å²) in [5.41, 5.74) is 3.27. The first-order valence-corrected chi connectivity index (χ1v) is 50.1. The number of methoxy groups -OCH3 is 1. The quantitative estimate of drug-likeness (QED) is 0.0200. The second-order valence-electron chi connectivity index (χ2n) is 26.8. The number of phosphoric ester groups is 4. The molecule has 0 saturated carbocycles. The molecule has 116 heavy (non-hydrogen) atoms. The lowest BCUT2D eigenvalue weighted by molar-refractivity contribution is -0.138. The number of carbonyl (C=O) groups excluding carboxylic acids is 2. The van der Waals surface area contributed by atoms with Crippen LogP contribution in [0.15, 0.2) is 264 Å². The minimum atomic E-state index is -3.85. The monoisotopic (exact) mass is 1760 g/mol. The number of carbonyl (C=O) groups is 2. The maximum atomic E-state index is 12.8. The molecular weight excluding hydrogens is 1670 g/mol. The van der Waals surface area contributed by atoms with Gasteiger partial charge >= 0.3 is 50.8 Å². The number of allylic oxidation sites excluding steroid dienone is 1. The van der Waals surface area contributed by atoms with Crippen molar-refractivity contribution in [2.24, 2.45) is 10.8 Å². The molecule has 36 heteroatoms. The van der Waals surface area contributed by atoms with Crippen molar-refractivity contribution < 1.29 is 119 Å². The topological polar surface area (TPSA) is 314 Å². The van der Waals surface area contributed by atoms with Gasteiger partial charge in [0.2, 0.25) is 18.9 Å². The van der Waals surface area contributed by atoms with Crippen LogP contribution in [-0.2, 0) is 105 Å². The summed E-state index contributed by atoms with van der Waals surface area (Å²) in [4.78, 5) is 22.9. The second-order valence-corrected chi connectivity index (χ2v) is 45.3. The molecule has 0 amide bonds. The third kappa shape index (κ3) is 27.8. The molecule has 7 aliphatic rings. The SMILES string of the molecule is C=C(OP1(=O)CCCCC1)c1ccccc1.C=C(OP1(=O)OCC(C)(C)CO1)c1ccccc1.C=C(OP1(=O)OCC2(CO1)COP(=O)(OC(=C)c1ccccc1)OC2)c1ccccc1.C=C(OP1(=O)OCCN1C)C(=O)OC.C=C(OP1(=O)Oc2ccccc2O1)c1ccccc1.C=C(OP1(=O)SCCCS1)C(=O)c1ccccc1. The van der Waals surface area contributed by atoms with Gasteiger partial charge in [0.1, 0.15) is 28.8 Å².